The molecule has 0 bridgehead atoms. The number of nitrogens with one attached hydrogen (secondary N) is 1. The molecule has 1 aliphatic carbocycles. The van der Waals surface area contributed by atoms with Crippen molar-refractivity contribution in [3.05, 3.63) is 0 Å². The van der Waals surface area contributed by atoms with Crippen molar-refractivity contribution in [2.24, 2.45) is 17.3 Å². The summed E-state index contributed by atoms with van der Waals surface area (Å²) in [6.45, 7) is 11.7. The maximum Gasteiger partial charge on any atom is 0.000822 e. The Hall–Kier alpha value is 0.310. The number of hydrogen-bond donors (Lipinski definition) is 1. The van der Waals surface area contributed by atoms with E-state index in [-0.39, 0.29) is 0 Å². The van der Waals surface area contributed by atoms with E-state index in [1.54, 1.807) is 0 Å². The number of thioether (sulfide) groups is 1. The second kappa shape index (κ2) is 6.90. The van der Waals surface area contributed by atoms with E-state index in [4.69, 9.17) is 0 Å². The topological polar surface area (TPSA) is 12.0 Å². The molecule has 0 aliphatic heterocycles. The average molecular weight is 243 g/mol. The molecule has 96 valence electrons. The fourth-order valence-corrected chi connectivity index (χ4v) is 3.21. The summed E-state index contributed by atoms with van der Waals surface area (Å²) >= 11 is 2.09. The third-order valence-electron chi connectivity index (χ3n) is 3.67. The van der Waals surface area contributed by atoms with Crippen LogP contribution in [0.15, 0.2) is 0 Å². The summed E-state index contributed by atoms with van der Waals surface area (Å²) in [7, 11) is 0. The van der Waals surface area contributed by atoms with Crippen LogP contribution >= 0.6 is 11.8 Å². The largest absolute Gasteiger partial charge is 0.316 e. The Kier molecular flexibility index (Phi) is 6.20. The predicted octanol–water partition coefficient (Wildman–Crippen LogP) is 3.79. The molecule has 2 heteroatoms. The highest BCUT2D eigenvalue weighted by atomic mass is 32.2. The smallest absolute Gasteiger partial charge is 0.000822 e. The maximum atomic E-state index is 3.66. The van der Waals surface area contributed by atoms with Crippen molar-refractivity contribution in [1.82, 2.24) is 5.32 Å². The molecular formula is C14H29NS. The van der Waals surface area contributed by atoms with E-state index in [1.165, 1.54) is 43.9 Å². The maximum absolute atomic E-state index is 3.66. The lowest BCUT2D eigenvalue weighted by atomic mass is 9.82. The molecule has 0 aromatic heterocycles. The zero-order chi connectivity index (χ0) is 12.0. The van der Waals surface area contributed by atoms with Crippen LogP contribution in [0.1, 0.15) is 47.0 Å². The first-order valence-electron chi connectivity index (χ1n) is 6.87. The van der Waals surface area contributed by atoms with Crippen LogP contribution in [0.3, 0.4) is 0 Å². The van der Waals surface area contributed by atoms with Gasteiger partial charge >= 0.3 is 0 Å². The molecule has 0 aromatic carbocycles. The van der Waals surface area contributed by atoms with Crippen LogP contribution in [-0.4, -0.2) is 24.6 Å². The van der Waals surface area contributed by atoms with Crippen molar-refractivity contribution >= 4 is 11.8 Å². The van der Waals surface area contributed by atoms with Gasteiger partial charge in [-0.05, 0) is 54.6 Å². The molecule has 1 fully saturated rings. The lowest BCUT2D eigenvalue weighted by molar-refractivity contribution is 0.246. The van der Waals surface area contributed by atoms with Crippen molar-refractivity contribution in [3.8, 4) is 0 Å². The first kappa shape index (κ1) is 14.4. The monoisotopic (exact) mass is 243 g/mol. The molecule has 0 heterocycles. The zero-order valence-electron chi connectivity index (χ0n) is 11.5. The molecule has 1 saturated carbocycles. The van der Waals surface area contributed by atoms with Crippen LogP contribution < -0.4 is 5.32 Å². The summed E-state index contributed by atoms with van der Waals surface area (Å²) in [6, 6.07) is 0. The van der Waals surface area contributed by atoms with Gasteiger partial charge in [0.2, 0.25) is 0 Å². The summed E-state index contributed by atoms with van der Waals surface area (Å²) in [4.78, 5) is 0. The molecule has 0 saturated heterocycles. The summed E-state index contributed by atoms with van der Waals surface area (Å²) in [6.07, 6.45) is 4.33. The summed E-state index contributed by atoms with van der Waals surface area (Å²) < 4.78 is 0. The van der Waals surface area contributed by atoms with E-state index in [1.807, 2.05) is 0 Å². The van der Waals surface area contributed by atoms with Crippen molar-refractivity contribution < 1.29 is 0 Å². The molecular weight excluding hydrogens is 214 g/mol. The third-order valence-corrected chi connectivity index (χ3v) is 4.57. The molecule has 0 aromatic rings. The molecule has 0 amide bonds. The minimum atomic E-state index is 0.567. The highest BCUT2D eigenvalue weighted by Gasteiger charge is 2.40. The van der Waals surface area contributed by atoms with Gasteiger partial charge in [0.1, 0.15) is 0 Å². The lowest BCUT2D eigenvalue weighted by Gasteiger charge is -2.30. The van der Waals surface area contributed by atoms with E-state index >= 15 is 0 Å². The van der Waals surface area contributed by atoms with Gasteiger partial charge in [-0.25, -0.2) is 0 Å². The predicted molar refractivity (Wildman–Crippen MR) is 76.2 cm³/mol. The Morgan fingerprint density at radius 3 is 2.56 bits per heavy atom. The van der Waals surface area contributed by atoms with Gasteiger partial charge in [0.15, 0.2) is 0 Å². The quantitative estimate of drug-likeness (QED) is 0.618. The van der Waals surface area contributed by atoms with E-state index in [0.29, 0.717) is 5.41 Å². The van der Waals surface area contributed by atoms with Gasteiger partial charge < -0.3 is 5.32 Å². The normalized spacial score (nSPS) is 20.1. The van der Waals surface area contributed by atoms with Gasteiger partial charge in [-0.2, -0.15) is 11.8 Å². The third kappa shape index (κ3) is 5.09. The molecule has 1 unspecified atom stereocenters. The van der Waals surface area contributed by atoms with Crippen LogP contribution in [0, 0.1) is 17.3 Å². The molecule has 1 aliphatic rings. The zero-order valence-corrected chi connectivity index (χ0v) is 12.3. The fourth-order valence-electron chi connectivity index (χ4n) is 2.31. The van der Waals surface area contributed by atoms with E-state index in [9.17, 15) is 0 Å². The standard InChI is InChI=1S/C14H29NS/c1-5-16-9-8-14(4,13-6-7-13)11-15-10-12(2)3/h12-13,15H,5-11H2,1-4H3. The van der Waals surface area contributed by atoms with Crippen LogP contribution in [0.25, 0.3) is 0 Å². The highest BCUT2D eigenvalue weighted by molar-refractivity contribution is 7.99. The van der Waals surface area contributed by atoms with Gasteiger partial charge in [-0.3, -0.25) is 0 Å². The van der Waals surface area contributed by atoms with Crippen LogP contribution in [0.5, 0.6) is 0 Å². The van der Waals surface area contributed by atoms with Gasteiger partial charge in [-0.15, -0.1) is 0 Å². The molecule has 0 spiro atoms. The number of rotatable bonds is 9. The lowest BCUT2D eigenvalue weighted by Crippen LogP contribution is -2.36. The first-order valence-corrected chi connectivity index (χ1v) is 8.02. The fraction of sp³-hybridized carbons (Fsp3) is 1.00. The van der Waals surface area contributed by atoms with Gasteiger partial charge in [0.05, 0.1) is 0 Å². The minimum Gasteiger partial charge on any atom is -0.316 e. The molecule has 1 nitrogen and oxygen atoms in total. The Labute approximate surface area is 106 Å². The summed E-state index contributed by atoms with van der Waals surface area (Å²) in [5.74, 6) is 4.38. The summed E-state index contributed by atoms with van der Waals surface area (Å²) in [5.41, 5.74) is 0.567. The van der Waals surface area contributed by atoms with E-state index in [0.717, 1.165) is 11.8 Å². The van der Waals surface area contributed by atoms with Crippen molar-refractivity contribution in [2.75, 3.05) is 24.6 Å². The van der Waals surface area contributed by atoms with Crippen LogP contribution in [0.4, 0.5) is 0 Å². The second-order valence-corrected chi connectivity index (χ2v) is 7.29. The van der Waals surface area contributed by atoms with Crippen LogP contribution in [-0.2, 0) is 0 Å². The first-order chi connectivity index (χ1) is 7.58. The minimum absolute atomic E-state index is 0.567. The Balaban J connectivity index is 2.27. The molecule has 1 rings (SSSR count). The van der Waals surface area contributed by atoms with E-state index in [2.05, 4.69) is 44.8 Å². The molecule has 1 atom stereocenters. The Morgan fingerprint density at radius 1 is 1.38 bits per heavy atom. The molecule has 16 heavy (non-hydrogen) atoms. The van der Waals surface area contributed by atoms with Gasteiger partial charge in [0, 0.05) is 6.54 Å². The van der Waals surface area contributed by atoms with Crippen molar-refractivity contribution in [1.29, 1.82) is 0 Å². The summed E-state index contributed by atoms with van der Waals surface area (Å²) in [5, 5.41) is 3.66. The van der Waals surface area contributed by atoms with E-state index < -0.39 is 0 Å². The van der Waals surface area contributed by atoms with Crippen molar-refractivity contribution in [2.45, 2.75) is 47.0 Å². The average Bonchev–Trinajstić information content (AvgIpc) is 3.00. The Bertz CT molecular complexity index is 189. The van der Waals surface area contributed by atoms with Gasteiger partial charge in [-0.1, -0.05) is 27.7 Å². The highest BCUT2D eigenvalue weighted by Crippen LogP contribution is 2.47. The molecule has 1 N–H and O–H groups in total. The SMILES string of the molecule is CCSCCC(C)(CNCC(C)C)C1CC1. The number of hydrogen-bond acceptors (Lipinski definition) is 2. The van der Waals surface area contributed by atoms with Crippen LogP contribution in [0.2, 0.25) is 0 Å². The second-order valence-electron chi connectivity index (χ2n) is 5.90. The Morgan fingerprint density at radius 2 is 2.06 bits per heavy atom. The van der Waals surface area contributed by atoms with Gasteiger partial charge in [0.25, 0.3) is 0 Å². The van der Waals surface area contributed by atoms with Crippen molar-refractivity contribution in [3.63, 3.8) is 0 Å². The molecule has 0 radical (unpaired) electrons.